The molecule has 1 spiro atoms. The first kappa shape index (κ1) is 27.3. The highest BCUT2D eigenvalue weighted by Crippen LogP contribution is 2.69. The summed E-state index contributed by atoms with van der Waals surface area (Å²) in [6.07, 6.45) is 7.74. The number of thioether (sulfide) groups is 1. The summed E-state index contributed by atoms with van der Waals surface area (Å²) >= 11 is 1.65. The topological polar surface area (TPSA) is 87.2 Å². The van der Waals surface area contributed by atoms with E-state index in [-0.39, 0.29) is 48.2 Å². The van der Waals surface area contributed by atoms with Gasteiger partial charge in [0.25, 0.3) is 0 Å². The lowest BCUT2D eigenvalue weighted by atomic mass is 9.66. The van der Waals surface area contributed by atoms with Gasteiger partial charge in [-0.2, -0.15) is 0 Å². The lowest BCUT2D eigenvalue weighted by molar-refractivity contribution is -0.154. The molecule has 1 aliphatic carbocycles. The minimum Gasteiger partial charge on any atom is -0.466 e. The fourth-order valence-electron chi connectivity index (χ4n) is 7.72. The number of fused-ring (bicyclic) bond motifs is 1. The van der Waals surface area contributed by atoms with Gasteiger partial charge in [-0.15, -0.1) is 18.3 Å². The maximum absolute atomic E-state index is 14.8. The summed E-state index contributed by atoms with van der Waals surface area (Å²) in [6, 6.07) is 8.08. The molecule has 4 fully saturated rings. The second kappa shape index (κ2) is 11.0. The molecule has 1 N–H and O–H groups in total. The summed E-state index contributed by atoms with van der Waals surface area (Å²) in [5.74, 6) is -1.81. The summed E-state index contributed by atoms with van der Waals surface area (Å²) in [7, 11) is 0. The molecule has 1 aromatic rings. The number of carbonyl (C=O) groups excluding carboxylic acids is 3. The normalized spacial score (nSPS) is 33.2. The monoisotopic (exact) mass is 540 g/mol. The van der Waals surface area contributed by atoms with Crippen LogP contribution in [0.1, 0.15) is 64.0 Å². The van der Waals surface area contributed by atoms with Crippen molar-refractivity contribution in [3.63, 3.8) is 0 Å². The predicted octanol–water partition coefficient (Wildman–Crippen LogP) is 3.97. The molecule has 7 nitrogen and oxygen atoms in total. The molecule has 3 aliphatic heterocycles. The third-order valence-corrected chi connectivity index (χ3v) is 11.4. The molecule has 0 radical (unpaired) electrons. The number of hydrogen-bond donors (Lipinski definition) is 1. The summed E-state index contributed by atoms with van der Waals surface area (Å²) in [5, 5.41) is 10.6. The number of hydrogen-bond acceptors (Lipinski definition) is 6. The smallest absolute Gasteiger partial charge is 0.310 e. The van der Waals surface area contributed by atoms with E-state index in [9.17, 15) is 19.5 Å². The first-order valence-electron chi connectivity index (χ1n) is 14.1. The van der Waals surface area contributed by atoms with Crippen LogP contribution in [-0.4, -0.2) is 74.5 Å². The standard InChI is InChI=1S/C30H40N2O5S/c1-4-16-31(21-14-10-7-11-15-21)28(35)26-30-19(3)17-23(38-30)24(29(36)37-5-2)25(30)27(34)32(26)22(18-33)20-12-8-6-9-13-20/h4,6,8-9,12-13,19,21-26,33H,1,5,7,10-11,14-18H2,2-3H3/t19?,22-,23-,24+,25+,26?,30?/m1/s1. The Hall–Kier alpha value is -2.32. The molecule has 3 unspecified atom stereocenters. The first-order chi connectivity index (χ1) is 18.4. The van der Waals surface area contributed by atoms with Gasteiger partial charge in [0.05, 0.1) is 35.8 Å². The van der Waals surface area contributed by atoms with Gasteiger partial charge in [-0.05, 0) is 37.7 Å². The molecule has 5 rings (SSSR count). The van der Waals surface area contributed by atoms with E-state index in [0.29, 0.717) is 6.54 Å². The minimum atomic E-state index is -0.774. The van der Waals surface area contributed by atoms with Crippen LogP contribution in [0.15, 0.2) is 43.0 Å². The fraction of sp³-hybridized carbons (Fsp3) is 0.633. The Labute approximate surface area is 230 Å². The van der Waals surface area contributed by atoms with Crippen molar-refractivity contribution in [2.45, 2.75) is 80.5 Å². The molecule has 8 heteroatoms. The number of benzene rings is 1. The van der Waals surface area contributed by atoms with Crippen molar-refractivity contribution in [3.8, 4) is 0 Å². The zero-order chi connectivity index (χ0) is 27.0. The van der Waals surface area contributed by atoms with Gasteiger partial charge in [0.1, 0.15) is 6.04 Å². The zero-order valence-electron chi connectivity index (χ0n) is 22.5. The van der Waals surface area contributed by atoms with E-state index in [2.05, 4.69) is 13.5 Å². The average molecular weight is 541 g/mol. The third kappa shape index (κ3) is 4.19. The number of nitrogens with zero attached hydrogens (tertiary/aromatic N) is 2. The van der Waals surface area contributed by atoms with Gasteiger partial charge < -0.3 is 19.6 Å². The highest BCUT2D eigenvalue weighted by molar-refractivity contribution is 8.02. The van der Waals surface area contributed by atoms with Crippen molar-refractivity contribution >= 4 is 29.5 Å². The second-order valence-electron chi connectivity index (χ2n) is 11.2. The van der Waals surface area contributed by atoms with Crippen molar-refractivity contribution in [3.05, 3.63) is 48.6 Å². The zero-order valence-corrected chi connectivity index (χ0v) is 23.3. The quantitative estimate of drug-likeness (QED) is 0.377. The van der Waals surface area contributed by atoms with Crippen molar-refractivity contribution in [1.82, 2.24) is 9.80 Å². The molecular formula is C30H40N2O5S. The maximum Gasteiger partial charge on any atom is 0.310 e. The number of aliphatic hydroxyl groups excluding tert-OH is 1. The highest BCUT2D eigenvalue weighted by atomic mass is 32.2. The van der Waals surface area contributed by atoms with Crippen molar-refractivity contribution < 1.29 is 24.2 Å². The van der Waals surface area contributed by atoms with Crippen LogP contribution in [0.3, 0.4) is 0 Å². The van der Waals surface area contributed by atoms with Gasteiger partial charge in [0, 0.05) is 17.8 Å². The Bertz CT molecular complexity index is 1060. The van der Waals surface area contributed by atoms with Crippen molar-refractivity contribution in [2.75, 3.05) is 19.8 Å². The van der Waals surface area contributed by atoms with E-state index >= 15 is 0 Å². The molecule has 2 amide bonds. The van der Waals surface area contributed by atoms with E-state index in [4.69, 9.17) is 4.74 Å². The predicted molar refractivity (Wildman–Crippen MR) is 147 cm³/mol. The Balaban J connectivity index is 1.63. The fourth-order valence-corrected chi connectivity index (χ4v) is 10.1. The largest absolute Gasteiger partial charge is 0.466 e. The molecule has 38 heavy (non-hydrogen) atoms. The van der Waals surface area contributed by atoms with Gasteiger partial charge in [0.15, 0.2) is 0 Å². The van der Waals surface area contributed by atoms with E-state index in [1.54, 1.807) is 29.7 Å². The van der Waals surface area contributed by atoms with Gasteiger partial charge in [0.2, 0.25) is 11.8 Å². The minimum absolute atomic E-state index is 0.0534. The molecule has 7 atom stereocenters. The van der Waals surface area contributed by atoms with E-state index in [0.717, 1.165) is 37.7 Å². The number of likely N-dealkylation sites (tertiary alicyclic amines) is 1. The number of rotatable bonds is 9. The SMILES string of the molecule is C=CCN(C(=O)C1N([C@H](CO)c2ccccc2)C(=O)[C@@H]2[C@@H](C(=O)OCC)[C@H]3CC(C)C12S3)C1CCCCC1. The highest BCUT2D eigenvalue weighted by Gasteiger charge is 2.77. The van der Waals surface area contributed by atoms with Crippen molar-refractivity contribution in [1.29, 1.82) is 0 Å². The van der Waals surface area contributed by atoms with Crippen LogP contribution < -0.4 is 0 Å². The van der Waals surface area contributed by atoms with Gasteiger partial charge >= 0.3 is 5.97 Å². The Morgan fingerprint density at radius 2 is 1.97 bits per heavy atom. The number of ether oxygens (including phenoxy) is 1. The summed E-state index contributed by atoms with van der Waals surface area (Å²) in [5.41, 5.74) is 0.783. The van der Waals surface area contributed by atoms with Crippen molar-refractivity contribution in [2.24, 2.45) is 17.8 Å². The number of aliphatic hydroxyl groups is 1. The number of esters is 1. The van der Waals surface area contributed by atoms with Crippen LogP contribution in [-0.2, 0) is 19.1 Å². The lowest BCUT2D eigenvalue weighted by Gasteiger charge is -2.44. The van der Waals surface area contributed by atoms with Crippen LogP contribution >= 0.6 is 11.8 Å². The molecule has 2 bridgehead atoms. The van der Waals surface area contributed by atoms with Crippen LogP contribution in [0.2, 0.25) is 0 Å². The molecule has 206 valence electrons. The van der Waals surface area contributed by atoms with Crippen LogP contribution in [0.4, 0.5) is 0 Å². The molecule has 1 aromatic carbocycles. The molecule has 4 aliphatic rings. The van der Waals surface area contributed by atoms with E-state index < -0.39 is 28.7 Å². The summed E-state index contributed by atoms with van der Waals surface area (Å²) < 4.78 is 4.73. The summed E-state index contributed by atoms with van der Waals surface area (Å²) in [6.45, 7) is 8.20. The van der Waals surface area contributed by atoms with Gasteiger partial charge in [-0.3, -0.25) is 14.4 Å². The van der Waals surface area contributed by atoms with E-state index in [1.807, 2.05) is 35.2 Å². The van der Waals surface area contributed by atoms with Crippen LogP contribution in [0, 0.1) is 17.8 Å². The molecule has 3 saturated heterocycles. The Kier molecular flexibility index (Phi) is 7.92. The first-order valence-corrected chi connectivity index (χ1v) is 15.0. The van der Waals surface area contributed by atoms with Crippen LogP contribution in [0.25, 0.3) is 0 Å². The van der Waals surface area contributed by atoms with E-state index in [1.165, 1.54) is 6.42 Å². The molecule has 3 heterocycles. The maximum atomic E-state index is 14.8. The molecule has 1 saturated carbocycles. The molecular weight excluding hydrogens is 500 g/mol. The lowest BCUT2D eigenvalue weighted by Crippen LogP contribution is -2.59. The number of carbonyl (C=O) groups is 3. The van der Waals surface area contributed by atoms with Gasteiger partial charge in [-0.25, -0.2) is 0 Å². The Morgan fingerprint density at radius 3 is 2.61 bits per heavy atom. The second-order valence-corrected chi connectivity index (χ2v) is 12.8. The molecule has 0 aromatic heterocycles. The van der Waals surface area contributed by atoms with Gasteiger partial charge in [-0.1, -0.05) is 62.6 Å². The third-order valence-electron chi connectivity index (χ3n) is 9.29. The average Bonchev–Trinajstić information content (AvgIpc) is 3.53. The van der Waals surface area contributed by atoms with Crippen LogP contribution in [0.5, 0.6) is 0 Å². The number of amides is 2. The Morgan fingerprint density at radius 1 is 1.26 bits per heavy atom. The summed E-state index contributed by atoms with van der Waals surface area (Å²) in [4.78, 5) is 46.1.